The van der Waals surface area contributed by atoms with E-state index in [-0.39, 0.29) is 22.1 Å². The molecule has 152 valence electrons. The minimum atomic E-state index is -0.709. The fourth-order valence-electron chi connectivity index (χ4n) is 3.75. The Morgan fingerprint density at radius 3 is 2.93 bits per heavy atom. The Hall–Kier alpha value is -3.44. The van der Waals surface area contributed by atoms with Gasteiger partial charge in [0.25, 0.3) is 5.69 Å². The fraction of sp³-hybridized carbons (Fsp3) is 0.238. The first-order valence-electron chi connectivity index (χ1n) is 9.23. The van der Waals surface area contributed by atoms with Crippen molar-refractivity contribution in [1.29, 1.82) is 0 Å². The normalized spacial score (nSPS) is 18.3. The van der Waals surface area contributed by atoms with Crippen LogP contribution in [-0.4, -0.2) is 27.0 Å². The summed E-state index contributed by atoms with van der Waals surface area (Å²) >= 11 is 5.95. The number of nitrogens with zero attached hydrogens (tertiary/aromatic N) is 4. The molecule has 1 aliphatic rings. The first-order valence-corrected chi connectivity index (χ1v) is 9.61. The molecule has 9 heteroatoms. The Kier molecular flexibility index (Phi) is 4.92. The second kappa shape index (κ2) is 7.43. The predicted molar refractivity (Wildman–Crippen MR) is 114 cm³/mol. The zero-order valence-electron chi connectivity index (χ0n) is 16.0. The third kappa shape index (κ3) is 3.37. The summed E-state index contributed by atoms with van der Waals surface area (Å²) in [5.74, 6) is 5.72. The molecule has 0 saturated carbocycles. The zero-order chi connectivity index (χ0) is 21.5. The van der Waals surface area contributed by atoms with Crippen molar-refractivity contribution >= 4 is 39.7 Å². The number of fused-ring (bicyclic) bond motifs is 1. The molecular weight excluding hydrogens is 409 g/mol. The van der Waals surface area contributed by atoms with E-state index in [0.717, 1.165) is 6.42 Å². The summed E-state index contributed by atoms with van der Waals surface area (Å²) in [5, 5.41) is 12.0. The molecule has 0 radical (unpaired) electrons. The standard InChI is InChI=1S/C21H17ClFN5O2/c1-21(7-3-9-27(21)17-5-2-4-15(22)19(17)23)8-6-13-10-16-14(11-18(13)28(29)30)20(24)26-12-25-16/h2,4-5,10-12H,3,7,9H2,1H3,(H2,24,25,26)/t21-/m1/s1. The van der Waals surface area contributed by atoms with Gasteiger partial charge in [-0.25, -0.2) is 14.4 Å². The monoisotopic (exact) mass is 425 g/mol. The second-order valence-corrected chi connectivity index (χ2v) is 7.66. The number of halogens is 2. The Morgan fingerprint density at radius 2 is 2.17 bits per heavy atom. The number of nitro benzene ring substituents is 1. The zero-order valence-corrected chi connectivity index (χ0v) is 16.8. The lowest BCUT2D eigenvalue weighted by atomic mass is 9.98. The van der Waals surface area contributed by atoms with E-state index in [1.807, 2.05) is 11.8 Å². The molecule has 1 aromatic heterocycles. The highest BCUT2D eigenvalue weighted by atomic mass is 35.5. The van der Waals surface area contributed by atoms with Crippen molar-refractivity contribution in [2.24, 2.45) is 0 Å². The number of nitrogen functional groups attached to an aromatic ring is 1. The van der Waals surface area contributed by atoms with Gasteiger partial charge in [-0.1, -0.05) is 29.5 Å². The van der Waals surface area contributed by atoms with Crippen LogP contribution in [0.5, 0.6) is 0 Å². The molecular formula is C21H17ClFN5O2. The average molecular weight is 426 g/mol. The van der Waals surface area contributed by atoms with Crippen LogP contribution in [0.15, 0.2) is 36.7 Å². The summed E-state index contributed by atoms with van der Waals surface area (Å²) in [6.45, 7) is 2.49. The highest BCUT2D eigenvalue weighted by Crippen LogP contribution is 2.37. The summed E-state index contributed by atoms with van der Waals surface area (Å²) in [5.41, 5.74) is 5.97. The number of hydrogen-bond donors (Lipinski definition) is 1. The van der Waals surface area contributed by atoms with E-state index in [9.17, 15) is 14.5 Å². The quantitative estimate of drug-likeness (QED) is 0.373. The first kappa shape index (κ1) is 19.9. The molecule has 4 rings (SSSR count). The second-order valence-electron chi connectivity index (χ2n) is 7.25. The maximum Gasteiger partial charge on any atom is 0.285 e. The Labute approximate surface area is 176 Å². The van der Waals surface area contributed by atoms with Crippen molar-refractivity contribution in [3.05, 3.63) is 63.2 Å². The maximum absolute atomic E-state index is 14.6. The lowest BCUT2D eigenvalue weighted by molar-refractivity contribution is -0.385. The van der Waals surface area contributed by atoms with Crippen LogP contribution in [0.3, 0.4) is 0 Å². The van der Waals surface area contributed by atoms with E-state index < -0.39 is 16.3 Å². The molecule has 2 aromatic carbocycles. The lowest BCUT2D eigenvalue weighted by Crippen LogP contribution is -2.40. The van der Waals surface area contributed by atoms with Crippen LogP contribution < -0.4 is 10.6 Å². The number of rotatable bonds is 2. The van der Waals surface area contributed by atoms with Gasteiger partial charge in [0, 0.05) is 18.0 Å². The Morgan fingerprint density at radius 1 is 1.37 bits per heavy atom. The van der Waals surface area contributed by atoms with Gasteiger partial charge in [0.05, 0.1) is 26.7 Å². The molecule has 0 amide bonds. The van der Waals surface area contributed by atoms with Crippen molar-refractivity contribution < 1.29 is 9.31 Å². The van der Waals surface area contributed by atoms with Crippen molar-refractivity contribution in [3.8, 4) is 11.8 Å². The third-order valence-electron chi connectivity index (χ3n) is 5.31. The number of nitro groups is 1. The lowest BCUT2D eigenvalue weighted by Gasteiger charge is -2.33. The number of nitrogens with two attached hydrogens (primary N) is 1. The van der Waals surface area contributed by atoms with Crippen LogP contribution in [0.2, 0.25) is 5.02 Å². The van der Waals surface area contributed by atoms with Gasteiger partial charge in [0.15, 0.2) is 5.82 Å². The Bertz CT molecular complexity index is 1240. The van der Waals surface area contributed by atoms with Crippen LogP contribution in [0.1, 0.15) is 25.3 Å². The smallest absolute Gasteiger partial charge is 0.285 e. The van der Waals surface area contributed by atoms with Crippen LogP contribution in [0.4, 0.5) is 21.6 Å². The molecule has 0 spiro atoms. The summed E-state index contributed by atoms with van der Waals surface area (Å²) in [6, 6.07) is 7.70. The van der Waals surface area contributed by atoms with Gasteiger partial charge in [0.2, 0.25) is 0 Å². The third-order valence-corrected chi connectivity index (χ3v) is 5.60. The highest BCUT2D eigenvalue weighted by Gasteiger charge is 2.37. The summed E-state index contributed by atoms with van der Waals surface area (Å²) in [6.07, 6.45) is 2.78. The van der Waals surface area contributed by atoms with Gasteiger partial charge >= 0.3 is 0 Å². The van der Waals surface area contributed by atoms with Crippen molar-refractivity contribution in [2.45, 2.75) is 25.3 Å². The molecule has 2 heterocycles. The fourth-order valence-corrected chi connectivity index (χ4v) is 3.91. The van der Waals surface area contributed by atoms with E-state index >= 15 is 0 Å². The number of aromatic nitrogens is 2. The van der Waals surface area contributed by atoms with Gasteiger partial charge in [0.1, 0.15) is 17.7 Å². The SMILES string of the molecule is C[C@]1(C#Cc2cc3ncnc(N)c3cc2[N+](=O)[O-])CCCN1c1cccc(Cl)c1F. The number of hydrogen-bond acceptors (Lipinski definition) is 6. The van der Waals surface area contributed by atoms with E-state index in [2.05, 4.69) is 21.8 Å². The topological polar surface area (TPSA) is 98.2 Å². The summed E-state index contributed by atoms with van der Waals surface area (Å²) in [4.78, 5) is 20.9. The molecule has 2 N–H and O–H groups in total. The molecule has 0 unspecified atom stereocenters. The van der Waals surface area contributed by atoms with Crippen molar-refractivity contribution in [1.82, 2.24) is 9.97 Å². The van der Waals surface area contributed by atoms with Gasteiger partial charge in [-0.05, 0) is 38.0 Å². The molecule has 1 aliphatic heterocycles. The van der Waals surface area contributed by atoms with E-state index in [0.29, 0.717) is 29.6 Å². The Balaban J connectivity index is 1.80. The molecule has 0 bridgehead atoms. The van der Waals surface area contributed by atoms with E-state index in [1.54, 1.807) is 12.1 Å². The van der Waals surface area contributed by atoms with Crippen molar-refractivity contribution in [2.75, 3.05) is 17.2 Å². The van der Waals surface area contributed by atoms with Gasteiger partial charge < -0.3 is 10.6 Å². The molecule has 1 saturated heterocycles. The molecule has 30 heavy (non-hydrogen) atoms. The van der Waals surface area contributed by atoms with E-state index in [1.165, 1.54) is 24.5 Å². The van der Waals surface area contributed by atoms with Gasteiger partial charge in [-0.3, -0.25) is 10.1 Å². The predicted octanol–water partition coefficient (Wildman–Crippen LogP) is 4.32. The van der Waals surface area contributed by atoms with Crippen LogP contribution in [0.25, 0.3) is 10.9 Å². The van der Waals surface area contributed by atoms with Crippen molar-refractivity contribution in [3.63, 3.8) is 0 Å². The van der Waals surface area contributed by atoms with Crippen LogP contribution in [-0.2, 0) is 0 Å². The van der Waals surface area contributed by atoms with Crippen LogP contribution >= 0.6 is 11.6 Å². The molecule has 1 fully saturated rings. The summed E-state index contributed by atoms with van der Waals surface area (Å²) in [7, 11) is 0. The van der Waals surface area contributed by atoms with E-state index in [4.69, 9.17) is 17.3 Å². The van der Waals surface area contributed by atoms with Gasteiger partial charge in [-0.15, -0.1) is 0 Å². The minimum absolute atomic E-state index is 0.0390. The largest absolute Gasteiger partial charge is 0.383 e. The maximum atomic E-state index is 14.6. The number of benzene rings is 2. The van der Waals surface area contributed by atoms with Crippen LogP contribution in [0, 0.1) is 27.8 Å². The molecule has 0 aliphatic carbocycles. The summed E-state index contributed by atoms with van der Waals surface area (Å²) < 4.78 is 14.6. The minimum Gasteiger partial charge on any atom is -0.383 e. The average Bonchev–Trinajstić information content (AvgIpc) is 3.09. The number of anilines is 2. The molecule has 7 nitrogen and oxygen atoms in total. The van der Waals surface area contributed by atoms with Gasteiger partial charge in [-0.2, -0.15) is 0 Å². The first-order chi connectivity index (χ1) is 14.3. The highest BCUT2D eigenvalue weighted by molar-refractivity contribution is 6.31. The molecule has 1 atom stereocenters. The molecule has 3 aromatic rings.